The van der Waals surface area contributed by atoms with E-state index in [-0.39, 0.29) is 0 Å². The highest BCUT2D eigenvalue weighted by Crippen LogP contribution is 2.24. The van der Waals surface area contributed by atoms with Crippen LogP contribution in [0.15, 0.2) is 59.3 Å². The van der Waals surface area contributed by atoms with Crippen LogP contribution in [0.5, 0.6) is 0 Å². The van der Waals surface area contributed by atoms with Gasteiger partial charge in [-0.2, -0.15) is 5.26 Å². The molecule has 0 saturated carbocycles. The molecule has 2 rings (SSSR count). The van der Waals surface area contributed by atoms with Gasteiger partial charge in [0.05, 0.1) is 5.57 Å². The van der Waals surface area contributed by atoms with Gasteiger partial charge in [-0.05, 0) is 35.8 Å². The van der Waals surface area contributed by atoms with E-state index >= 15 is 0 Å². The lowest BCUT2D eigenvalue weighted by Crippen LogP contribution is -1.97. The largest absolute Gasteiger partial charge is 0.399 e. The van der Waals surface area contributed by atoms with E-state index in [1.54, 1.807) is 0 Å². The third-order valence-corrected chi connectivity index (χ3v) is 2.88. The van der Waals surface area contributed by atoms with E-state index in [2.05, 4.69) is 11.2 Å². The van der Waals surface area contributed by atoms with Gasteiger partial charge in [-0.3, -0.25) is 0 Å². The highest BCUT2D eigenvalue weighted by Gasteiger charge is 2.09. The molecule has 0 radical (unpaired) electrons. The number of rotatable bonds is 2. The number of benzene rings is 1. The molecule has 0 amide bonds. The number of oxime groups is 1. The van der Waals surface area contributed by atoms with Crippen molar-refractivity contribution in [2.45, 2.75) is 6.92 Å². The zero-order valence-corrected chi connectivity index (χ0v) is 10.9. The molecule has 3 heteroatoms. The van der Waals surface area contributed by atoms with Crippen LogP contribution in [0.3, 0.4) is 0 Å². The van der Waals surface area contributed by atoms with E-state index < -0.39 is 0 Å². The maximum Gasteiger partial charge on any atom is 0.106 e. The van der Waals surface area contributed by atoms with Gasteiger partial charge in [0.1, 0.15) is 18.9 Å². The smallest absolute Gasteiger partial charge is 0.106 e. The lowest BCUT2D eigenvalue weighted by molar-refractivity contribution is 0.214. The fraction of sp³-hybridized carbons (Fsp3) is 0.125. The lowest BCUT2D eigenvalue weighted by atomic mass is 9.94. The summed E-state index contributed by atoms with van der Waals surface area (Å²) in [5, 5.41) is 13.2. The Hall–Kier alpha value is -2.60. The molecule has 3 nitrogen and oxygen atoms in total. The molecule has 0 bridgehead atoms. The molecule has 1 aliphatic carbocycles. The van der Waals surface area contributed by atoms with E-state index in [9.17, 15) is 5.26 Å². The third-order valence-electron chi connectivity index (χ3n) is 2.88. The molecular formula is C16H14N2O. The van der Waals surface area contributed by atoms with Gasteiger partial charge in [0.15, 0.2) is 0 Å². The summed E-state index contributed by atoms with van der Waals surface area (Å²) in [6.07, 6.45) is 7.41. The second-order valence-electron chi connectivity index (χ2n) is 4.12. The van der Waals surface area contributed by atoms with Crippen LogP contribution >= 0.6 is 0 Å². The van der Waals surface area contributed by atoms with Gasteiger partial charge in [0.2, 0.25) is 0 Å². The van der Waals surface area contributed by atoms with Crippen molar-refractivity contribution in [3.05, 3.63) is 65.3 Å². The van der Waals surface area contributed by atoms with Crippen molar-refractivity contribution in [2.75, 3.05) is 7.11 Å². The average Bonchev–Trinajstić information content (AvgIpc) is 2.44. The van der Waals surface area contributed by atoms with Gasteiger partial charge in [-0.1, -0.05) is 41.6 Å². The van der Waals surface area contributed by atoms with E-state index in [4.69, 9.17) is 4.84 Å². The molecule has 0 heterocycles. The second kappa shape index (κ2) is 5.83. The summed E-state index contributed by atoms with van der Waals surface area (Å²) >= 11 is 0. The van der Waals surface area contributed by atoms with Crippen LogP contribution in [-0.4, -0.2) is 12.8 Å². The SMILES string of the molecule is CON=C1C=CC(=C(C#N)c2ccccc2C)C=C1. The fourth-order valence-corrected chi connectivity index (χ4v) is 1.93. The molecule has 0 aliphatic heterocycles. The van der Waals surface area contributed by atoms with Crippen LogP contribution in [-0.2, 0) is 4.84 Å². The van der Waals surface area contributed by atoms with E-state index in [0.29, 0.717) is 5.57 Å². The van der Waals surface area contributed by atoms with Gasteiger partial charge in [-0.25, -0.2) is 0 Å². The molecule has 1 aliphatic rings. The molecule has 0 N–H and O–H groups in total. The Balaban J connectivity index is 2.45. The molecule has 0 spiro atoms. The van der Waals surface area contributed by atoms with Crippen molar-refractivity contribution in [3.8, 4) is 6.07 Å². The van der Waals surface area contributed by atoms with Crippen LogP contribution in [0, 0.1) is 18.3 Å². The quantitative estimate of drug-likeness (QED) is 0.596. The molecule has 0 unspecified atom stereocenters. The van der Waals surface area contributed by atoms with Crippen LogP contribution in [0.2, 0.25) is 0 Å². The van der Waals surface area contributed by atoms with Crippen molar-refractivity contribution in [2.24, 2.45) is 5.16 Å². The summed E-state index contributed by atoms with van der Waals surface area (Å²) in [6, 6.07) is 10.1. The average molecular weight is 250 g/mol. The minimum absolute atomic E-state index is 0.669. The summed E-state index contributed by atoms with van der Waals surface area (Å²) in [6.45, 7) is 2.00. The number of nitrogens with zero attached hydrogens (tertiary/aromatic N) is 2. The first-order valence-corrected chi connectivity index (χ1v) is 5.94. The molecule has 0 aromatic heterocycles. The van der Waals surface area contributed by atoms with Gasteiger partial charge in [0, 0.05) is 0 Å². The van der Waals surface area contributed by atoms with E-state index in [1.165, 1.54) is 7.11 Å². The maximum atomic E-state index is 9.39. The molecule has 94 valence electrons. The Labute approximate surface area is 112 Å². The normalized spacial score (nSPS) is 13.1. The van der Waals surface area contributed by atoms with Crippen LogP contribution < -0.4 is 0 Å². The van der Waals surface area contributed by atoms with Crippen molar-refractivity contribution in [1.29, 1.82) is 5.26 Å². The Bertz CT molecular complexity index is 625. The molecule has 0 fully saturated rings. The summed E-state index contributed by atoms with van der Waals surface area (Å²) in [7, 11) is 1.51. The molecular weight excluding hydrogens is 236 g/mol. The monoisotopic (exact) mass is 250 g/mol. The van der Waals surface area contributed by atoms with Crippen LogP contribution in [0.1, 0.15) is 11.1 Å². The Kier molecular flexibility index (Phi) is 3.94. The highest BCUT2D eigenvalue weighted by molar-refractivity contribution is 6.06. The van der Waals surface area contributed by atoms with Crippen LogP contribution in [0.25, 0.3) is 5.57 Å². The van der Waals surface area contributed by atoms with Crippen molar-refractivity contribution < 1.29 is 4.84 Å². The topological polar surface area (TPSA) is 45.4 Å². The van der Waals surface area contributed by atoms with Crippen molar-refractivity contribution in [1.82, 2.24) is 0 Å². The van der Waals surface area contributed by atoms with Gasteiger partial charge >= 0.3 is 0 Å². The highest BCUT2D eigenvalue weighted by atomic mass is 16.6. The van der Waals surface area contributed by atoms with Gasteiger partial charge < -0.3 is 4.84 Å². The molecule has 19 heavy (non-hydrogen) atoms. The number of hydrogen-bond acceptors (Lipinski definition) is 3. The van der Waals surface area contributed by atoms with Crippen molar-refractivity contribution in [3.63, 3.8) is 0 Å². The second-order valence-corrected chi connectivity index (χ2v) is 4.12. The maximum absolute atomic E-state index is 9.39. The number of hydrogen-bond donors (Lipinski definition) is 0. The Morgan fingerprint density at radius 3 is 2.42 bits per heavy atom. The van der Waals surface area contributed by atoms with Gasteiger partial charge in [0.25, 0.3) is 0 Å². The molecule has 1 aromatic carbocycles. The first kappa shape index (κ1) is 12.8. The predicted octanol–water partition coefficient (Wildman–Crippen LogP) is 3.40. The minimum Gasteiger partial charge on any atom is -0.399 e. The summed E-state index contributed by atoms with van der Waals surface area (Å²) in [4.78, 5) is 4.71. The van der Waals surface area contributed by atoms with Gasteiger partial charge in [-0.15, -0.1) is 0 Å². The standard InChI is InChI=1S/C16H14N2O/c1-12-5-3-4-6-15(12)16(11-17)13-7-9-14(10-8-13)18-19-2/h3-10H,1-2H3. The predicted molar refractivity (Wildman–Crippen MR) is 76.4 cm³/mol. The number of allylic oxidation sites excluding steroid dienone is 6. The lowest BCUT2D eigenvalue weighted by Gasteiger charge is -2.08. The summed E-state index contributed by atoms with van der Waals surface area (Å²) in [5.74, 6) is 0. The molecule has 1 aromatic rings. The molecule has 0 saturated heterocycles. The fourth-order valence-electron chi connectivity index (χ4n) is 1.93. The van der Waals surface area contributed by atoms with Crippen molar-refractivity contribution >= 4 is 11.3 Å². The first-order valence-electron chi connectivity index (χ1n) is 5.94. The Morgan fingerprint density at radius 1 is 1.16 bits per heavy atom. The summed E-state index contributed by atoms with van der Waals surface area (Å²) in [5.41, 5.74) is 4.33. The summed E-state index contributed by atoms with van der Waals surface area (Å²) < 4.78 is 0. The number of aryl methyl sites for hydroxylation is 1. The van der Waals surface area contributed by atoms with E-state index in [1.807, 2.05) is 55.5 Å². The van der Waals surface area contributed by atoms with E-state index in [0.717, 1.165) is 22.4 Å². The zero-order valence-electron chi connectivity index (χ0n) is 10.9. The third kappa shape index (κ3) is 2.80. The van der Waals surface area contributed by atoms with Crippen LogP contribution in [0.4, 0.5) is 0 Å². The first-order chi connectivity index (χ1) is 9.26. The number of nitriles is 1. The minimum atomic E-state index is 0.669. The molecule has 0 atom stereocenters. The Morgan fingerprint density at radius 2 is 1.84 bits per heavy atom. The zero-order chi connectivity index (χ0) is 13.7.